The highest BCUT2D eigenvalue weighted by Gasteiger charge is 2.18. The van der Waals surface area contributed by atoms with E-state index in [-0.39, 0.29) is 11.7 Å². The van der Waals surface area contributed by atoms with Gasteiger partial charge in [0.1, 0.15) is 12.0 Å². The Morgan fingerprint density at radius 1 is 1.33 bits per heavy atom. The van der Waals surface area contributed by atoms with Crippen molar-refractivity contribution in [2.45, 2.75) is 32.5 Å². The minimum absolute atomic E-state index is 0.0301. The van der Waals surface area contributed by atoms with Gasteiger partial charge in [0.15, 0.2) is 0 Å². The average molecular weight is 284 g/mol. The Morgan fingerprint density at radius 2 is 2.14 bits per heavy atom. The zero-order valence-electron chi connectivity index (χ0n) is 12.5. The molecule has 0 bridgehead atoms. The number of aliphatic imine (C=N–C) groups is 1. The lowest BCUT2D eigenvalue weighted by molar-refractivity contribution is 0.429. The second-order valence-corrected chi connectivity index (χ2v) is 6.21. The fraction of sp³-hybridized carbons (Fsp3) is 0.333. The molecule has 0 amide bonds. The number of rotatable bonds is 2. The van der Waals surface area contributed by atoms with Crippen LogP contribution in [-0.2, 0) is 0 Å². The molecule has 1 atom stereocenters. The summed E-state index contributed by atoms with van der Waals surface area (Å²) >= 11 is 0. The van der Waals surface area contributed by atoms with E-state index in [0.29, 0.717) is 0 Å². The van der Waals surface area contributed by atoms with Crippen LogP contribution in [0.3, 0.4) is 0 Å². The van der Waals surface area contributed by atoms with Crippen LogP contribution < -0.4 is 16.4 Å². The van der Waals surface area contributed by atoms with E-state index in [1.54, 1.807) is 12.5 Å². The third-order valence-corrected chi connectivity index (χ3v) is 3.14. The SMILES string of the molecule is CC(C)(C)NC1=CN=CC(n2cnc3ccc(N)cc32)N1. The first kappa shape index (κ1) is 13.5. The summed E-state index contributed by atoms with van der Waals surface area (Å²) in [5.74, 6) is 0.890. The Bertz CT molecular complexity index is 719. The van der Waals surface area contributed by atoms with Gasteiger partial charge >= 0.3 is 0 Å². The Balaban J connectivity index is 1.89. The van der Waals surface area contributed by atoms with E-state index in [0.717, 1.165) is 22.5 Å². The molecule has 1 aromatic heterocycles. The van der Waals surface area contributed by atoms with E-state index in [4.69, 9.17) is 5.73 Å². The highest BCUT2D eigenvalue weighted by Crippen LogP contribution is 2.20. The molecular formula is C15H20N6. The summed E-state index contributed by atoms with van der Waals surface area (Å²) in [6.07, 6.45) is 5.34. The molecule has 4 N–H and O–H groups in total. The van der Waals surface area contributed by atoms with Gasteiger partial charge in [-0.25, -0.2) is 4.98 Å². The lowest BCUT2D eigenvalue weighted by Crippen LogP contribution is -2.43. The number of fused-ring (bicyclic) bond motifs is 1. The van der Waals surface area contributed by atoms with Crippen LogP contribution in [0.1, 0.15) is 26.9 Å². The minimum atomic E-state index is -0.0911. The van der Waals surface area contributed by atoms with Gasteiger partial charge in [-0.15, -0.1) is 0 Å². The van der Waals surface area contributed by atoms with Crippen molar-refractivity contribution in [1.82, 2.24) is 20.2 Å². The molecule has 0 aliphatic carbocycles. The number of hydrogen-bond donors (Lipinski definition) is 3. The van der Waals surface area contributed by atoms with Crippen molar-refractivity contribution >= 4 is 22.9 Å². The molecule has 0 fully saturated rings. The van der Waals surface area contributed by atoms with Gasteiger partial charge in [0.05, 0.1) is 23.6 Å². The third-order valence-electron chi connectivity index (χ3n) is 3.14. The first-order chi connectivity index (χ1) is 9.92. The second-order valence-electron chi connectivity index (χ2n) is 6.21. The molecule has 0 saturated carbocycles. The van der Waals surface area contributed by atoms with Gasteiger partial charge in [0.25, 0.3) is 0 Å². The van der Waals surface area contributed by atoms with Gasteiger partial charge in [-0.3, -0.25) is 4.99 Å². The molecule has 6 heteroatoms. The molecule has 1 aliphatic rings. The molecule has 1 aliphatic heterocycles. The van der Waals surface area contributed by atoms with E-state index in [9.17, 15) is 0 Å². The Hall–Kier alpha value is -2.50. The normalized spacial score (nSPS) is 18.4. The number of nitrogens with zero attached hydrogens (tertiary/aromatic N) is 3. The highest BCUT2D eigenvalue weighted by atomic mass is 15.3. The smallest absolute Gasteiger partial charge is 0.142 e. The number of benzene rings is 1. The predicted octanol–water partition coefficient (Wildman–Crippen LogP) is 1.98. The third kappa shape index (κ3) is 2.84. The van der Waals surface area contributed by atoms with Crippen molar-refractivity contribution in [2.75, 3.05) is 5.73 Å². The number of nitrogens with two attached hydrogens (primary N) is 1. The first-order valence-corrected chi connectivity index (χ1v) is 6.93. The Morgan fingerprint density at radius 3 is 2.90 bits per heavy atom. The summed E-state index contributed by atoms with van der Waals surface area (Å²) in [7, 11) is 0. The van der Waals surface area contributed by atoms with Crippen LogP contribution in [-0.4, -0.2) is 21.3 Å². The van der Waals surface area contributed by atoms with E-state index >= 15 is 0 Å². The fourth-order valence-corrected chi connectivity index (χ4v) is 2.31. The van der Waals surface area contributed by atoms with Crippen molar-refractivity contribution in [3.63, 3.8) is 0 Å². The molecule has 2 heterocycles. The van der Waals surface area contributed by atoms with Gasteiger partial charge in [-0.2, -0.15) is 0 Å². The molecule has 110 valence electrons. The zero-order chi connectivity index (χ0) is 15.0. The van der Waals surface area contributed by atoms with Gasteiger partial charge in [0, 0.05) is 17.4 Å². The summed E-state index contributed by atoms with van der Waals surface area (Å²) < 4.78 is 2.02. The van der Waals surface area contributed by atoms with Crippen LogP contribution >= 0.6 is 0 Å². The average Bonchev–Trinajstić information content (AvgIpc) is 2.80. The van der Waals surface area contributed by atoms with E-state index in [1.165, 1.54) is 0 Å². The quantitative estimate of drug-likeness (QED) is 0.737. The van der Waals surface area contributed by atoms with Gasteiger partial charge in [0.2, 0.25) is 0 Å². The van der Waals surface area contributed by atoms with Crippen LogP contribution in [0.2, 0.25) is 0 Å². The first-order valence-electron chi connectivity index (χ1n) is 6.93. The zero-order valence-corrected chi connectivity index (χ0v) is 12.5. The molecule has 1 unspecified atom stereocenters. The number of nitrogen functional groups attached to an aromatic ring is 1. The largest absolute Gasteiger partial charge is 0.399 e. The van der Waals surface area contributed by atoms with Crippen molar-refractivity contribution < 1.29 is 0 Å². The lowest BCUT2D eigenvalue weighted by Gasteiger charge is -2.29. The lowest BCUT2D eigenvalue weighted by atomic mass is 10.1. The van der Waals surface area contributed by atoms with Gasteiger partial charge < -0.3 is 20.9 Å². The molecule has 21 heavy (non-hydrogen) atoms. The van der Waals surface area contributed by atoms with Crippen LogP contribution in [0.25, 0.3) is 11.0 Å². The molecular weight excluding hydrogens is 264 g/mol. The summed E-state index contributed by atoms with van der Waals surface area (Å²) in [6.45, 7) is 6.32. The molecule has 2 aromatic rings. The number of aromatic nitrogens is 2. The Kier molecular flexibility index (Phi) is 3.08. The maximum Gasteiger partial charge on any atom is 0.142 e. The van der Waals surface area contributed by atoms with Crippen molar-refractivity contribution in [1.29, 1.82) is 0 Å². The van der Waals surface area contributed by atoms with Crippen LogP contribution in [0.5, 0.6) is 0 Å². The fourth-order valence-electron chi connectivity index (χ4n) is 2.31. The molecule has 0 radical (unpaired) electrons. The highest BCUT2D eigenvalue weighted by molar-refractivity contribution is 5.80. The molecule has 0 saturated heterocycles. The van der Waals surface area contributed by atoms with E-state index in [1.807, 2.05) is 29.0 Å². The summed E-state index contributed by atoms with van der Waals surface area (Å²) in [5.41, 5.74) is 8.46. The maximum atomic E-state index is 5.87. The monoisotopic (exact) mass is 284 g/mol. The van der Waals surface area contributed by atoms with Crippen LogP contribution in [0.4, 0.5) is 5.69 Å². The van der Waals surface area contributed by atoms with E-state index < -0.39 is 0 Å². The second kappa shape index (κ2) is 4.80. The van der Waals surface area contributed by atoms with Gasteiger partial charge in [-0.1, -0.05) is 0 Å². The number of hydrogen-bond acceptors (Lipinski definition) is 5. The van der Waals surface area contributed by atoms with Crippen molar-refractivity contribution in [2.24, 2.45) is 4.99 Å². The minimum Gasteiger partial charge on any atom is -0.399 e. The standard InChI is InChI=1S/C15H20N6/c1-15(2,3)20-13-7-17-8-14(19-13)21-9-18-11-5-4-10(16)6-12(11)21/h4-9,14,19-20H,16H2,1-3H3. The van der Waals surface area contributed by atoms with Crippen molar-refractivity contribution in [3.05, 3.63) is 36.5 Å². The number of anilines is 1. The summed E-state index contributed by atoms with van der Waals surface area (Å²) in [4.78, 5) is 8.72. The maximum absolute atomic E-state index is 5.87. The Labute approximate surface area is 123 Å². The van der Waals surface area contributed by atoms with Crippen molar-refractivity contribution in [3.8, 4) is 0 Å². The van der Waals surface area contributed by atoms with Crippen LogP contribution in [0.15, 0.2) is 41.5 Å². The molecule has 3 rings (SSSR count). The molecule has 6 nitrogen and oxygen atoms in total. The topological polar surface area (TPSA) is 80.3 Å². The molecule has 0 spiro atoms. The predicted molar refractivity (Wildman–Crippen MR) is 85.8 cm³/mol. The molecule has 1 aromatic carbocycles. The number of imidazole rings is 1. The van der Waals surface area contributed by atoms with E-state index in [2.05, 4.69) is 41.4 Å². The summed E-state index contributed by atoms with van der Waals surface area (Å²) in [5, 5.41) is 6.79. The van der Waals surface area contributed by atoms with Crippen LogP contribution in [0, 0.1) is 0 Å². The number of nitrogens with one attached hydrogen (secondary N) is 2. The van der Waals surface area contributed by atoms with Gasteiger partial charge in [-0.05, 0) is 39.0 Å². The summed E-state index contributed by atoms with van der Waals surface area (Å²) in [6, 6.07) is 5.70.